The van der Waals surface area contributed by atoms with E-state index in [0.717, 1.165) is 19.4 Å². The molecule has 3 nitrogen and oxygen atoms in total. The van der Waals surface area contributed by atoms with Crippen molar-refractivity contribution < 1.29 is 14.3 Å². The number of β-amino-alcohol motifs (C(OH)–C–C–N with tert-alkyl or cyclic N) is 1. The number of likely N-dealkylation sites (tertiary alicyclic amines) is 1. The largest absolute Gasteiger partial charge is 0.392 e. The molecule has 0 radical (unpaired) electrons. The molecule has 1 aromatic rings. The summed E-state index contributed by atoms with van der Waals surface area (Å²) in [5.41, 5.74) is 0.518. The Bertz CT molecular complexity index is 418. The van der Waals surface area contributed by atoms with Crippen molar-refractivity contribution in [3.8, 4) is 0 Å². The van der Waals surface area contributed by atoms with Gasteiger partial charge in [-0.25, -0.2) is 4.39 Å². The maximum absolute atomic E-state index is 12.8. The number of benzene rings is 1. The van der Waals surface area contributed by atoms with Gasteiger partial charge in [-0.15, -0.1) is 0 Å². The van der Waals surface area contributed by atoms with E-state index in [1.165, 1.54) is 24.3 Å². The number of nitrogens with zero attached hydrogens (tertiary/aromatic N) is 1. The SMILES string of the molecule is CC(C(=O)c1ccc(F)cc1)N1CCCC(O)C1. The zero-order chi connectivity index (χ0) is 13.1. The van der Waals surface area contributed by atoms with Crippen LogP contribution in [0.15, 0.2) is 24.3 Å². The van der Waals surface area contributed by atoms with Gasteiger partial charge in [-0.3, -0.25) is 9.69 Å². The Labute approximate surface area is 106 Å². The summed E-state index contributed by atoms with van der Waals surface area (Å²) < 4.78 is 12.8. The topological polar surface area (TPSA) is 40.5 Å². The van der Waals surface area contributed by atoms with Gasteiger partial charge >= 0.3 is 0 Å². The minimum atomic E-state index is -0.345. The quantitative estimate of drug-likeness (QED) is 0.833. The van der Waals surface area contributed by atoms with Gasteiger partial charge in [-0.05, 0) is 50.6 Å². The molecule has 1 heterocycles. The predicted octanol–water partition coefficient (Wildman–Crippen LogP) is 1.85. The van der Waals surface area contributed by atoms with Crippen molar-refractivity contribution >= 4 is 5.78 Å². The summed E-state index contributed by atoms with van der Waals surface area (Å²) >= 11 is 0. The summed E-state index contributed by atoms with van der Waals surface area (Å²) in [6, 6.07) is 5.34. The molecule has 0 amide bonds. The fourth-order valence-corrected chi connectivity index (χ4v) is 2.36. The highest BCUT2D eigenvalue weighted by atomic mass is 19.1. The van der Waals surface area contributed by atoms with Crippen LogP contribution in [0.3, 0.4) is 0 Å². The van der Waals surface area contributed by atoms with Gasteiger partial charge in [-0.1, -0.05) is 0 Å². The van der Waals surface area contributed by atoms with Crippen molar-refractivity contribution in [2.45, 2.75) is 31.9 Å². The lowest BCUT2D eigenvalue weighted by molar-refractivity contribution is 0.0454. The third-order valence-corrected chi connectivity index (χ3v) is 3.48. The summed E-state index contributed by atoms with van der Waals surface area (Å²) in [5.74, 6) is -0.364. The molecule has 1 aliphatic heterocycles. The molecule has 0 bridgehead atoms. The van der Waals surface area contributed by atoms with Crippen molar-refractivity contribution in [3.05, 3.63) is 35.6 Å². The molecule has 0 aliphatic carbocycles. The second-order valence-electron chi connectivity index (χ2n) is 4.84. The van der Waals surface area contributed by atoms with Gasteiger partial charge in [0.15, 0.2) is 5.78 Å². The molecule has 2 unspecified atom stereocenters. The highest BCUT2D eigenvalue weighted by Crippen LogP contribution is 2.16. The summed E-state index contributed by atoms with van der Waals surface area (Å²) in [6.07, 6.45) is 1.36. The van der Waals surface area contributed by atoms with Gasteiger partial charge in [0.2, 0.25) is 0 Å². The summed E-state index contributed by atoms with van der Waals surface area (Å²) in [5, 5.41) is 9.61. The van der Waals surface area contributed by atoms with Crippen molar-refractivity contribution in [3.63, 3.8) is 0 Å². The van der Waals surface area contributed by atoms with E-state index in [2.05, 4.69) is 0 Å². The smallest absolute Gasteiger partial charge is 0.179 e. The molecule has 1 saturated heterocycles. The number of rotatable bonds is 3. The van der Waals surface area contributed by atoms with Crippen molar-refractivity contribution in [2.24, 2.45) is 0 Å². The Morgan fingerprint density at radius 3 is 2.72 bits per heavy atom. The highest BCUT2D eigenvalue weighted by Gasteiger charge is 2.26. The first-order valence-electron chi connectivity index (χ1n) is 6.30. The molecule has 0 aromatic heterocycles. The van der Waals surface area contributed by atoms with E-state index >= 15 is 0 Å². The number of aliphatic hydroxyl groups is 1. The predicted molar refractivity (Wildman–Crippen MR) is 67.0 cm³/mol. The van der Waals surface area contributed by atoms with Gasteiger partial charge < -0.3 is 5.11 Å². The third-order valence-electron chi connectivity index (χ3n) is 3.48. The van der Waals surface area contributed by atoms with Crippen LogP contribution in [0.4, 0.5) is 4.39 Å². The van der Waals surface area contributed by atoms with Crippen molar-refractivity contribution in [1.29, 1.82) is 0 Å². The molecule has 1 aromatic carbocycles. The van der Waals surface area contributed by atoms with E-state index in [1.807, 2.05) is 11.8 Å². The van der Waals surface area contributed by atoms with Gasteiger partial charge in [0, 0.05) is 12.1 Å². The van der Waals surface area contributed by atoms with Gasteiger partial charge in [0.05, 0.1) is 12.1 Å². The second kappa shape index (κ2) is 5.59. The fourth-order valence-electron chi connectivity index (χ4n) is 2.36. The maximum atomic E-state index is 12.8. The maximum Gasteiger partial charge on any atom is 0.179 e. The number of hydrogen-bond donors (Lipinski definition) is 1. The molecular formula is C14H18FNO2. The van der Waals surface area contributed by atoms with Crippen LogP contribution in [0.5, 0.6) is 0 Å². The zero-order valence-corrected chi connectivity index (χ0v) is 10.5. The Morgan fingerprint density at radius 2 is 2.11 bits per heavy atom. The minimum Gasteiger partial charge on any atom is -0.392 e. The lowest BCUT2D eigenvalue weighted by atomic mass is 10.0. The molecule has 1 N–H and O–H groups in total. The van der Waals surface area contributed by atoms with Crippen LogP contribution in [0.2, 0.25) is 0 Å². The van der Waals surface area contributed by atoms with Crippen LogP contribution in [0.25, 0.3) is 0 Å². The number of ketones is 1. The first-order chi connectivity index (χ1) is 8.58. The van der Waals surface area contributed by atoms with E-state index in [0.29, 0.717) is 12.1 Å². The number of carbonyl (C=O) groups excluding carboxylic acids is 1. The molecule has 1 aliphatic rings. The Morgan fingerprint density at radius 1 is 1.44 bits per heavy atom. The average Bonchev–Trinajstić information content (AvgIpc) is 2.38. The Balaban J connectivity index is 2.06. The number of piperidine rings is 1. The van der Waals surface area contributed by atoms with Crippen LogP contribution in [-0.2, 0) is 0 Å². The number of aliphatic hydroxyl groups excluding tert-OH is 1. The fraction of sp³-hybridized carbons (Fsp3) is 0.500. The molecule has 98 valence electrons. The molecule has 0 spiro atoms. The first kappa shape index (κ1) is 13.2. The lowest BCUT2D eigenvalue weighted by Gasteiger charge is -2.34. The molecule has 18 heavy (non-hydrogen) atoms. The molecule has 2 rings (SSSR count). The third kappa shape index (κ3) is 2.94. The van der Waals surface area contributed by atoms with E-state index < -0.39 is 0 Å². The lowest BCUT2D eigenvalue weighted by Crippen LogP contribution is -2.46. The van der Waals surface area contributed by atoms with Crippen LogP contribution in [-0.4, -0.2) is 41.0 Å². The van der Waals surface area contributed by atoms with Crippen LogP contribution in [0.1, 0.15) is 30.1 Å². The standard InChI is InChI=1S/C14H18FNO2/c1-10(16-8-2-3-13(17)9-16)14(18)11-4-6-12(15)7-5-11/h4-7,10,13,17H,2-3,8-9H2,1H3. The molecule has 1 fully saturated rings. The Kier molecular flexibility index (Phi) is 4.09. The highest BCUT2D eigenvalue weighted by molar-refractivity contribution is 5.99. The summed E-state index contributed by atoms with van der Waals surface area (Å²) in [4.78, 5) is 14.2. The van der Waals surface area contributed by atoms with Crippen LogP contribution in [0, 0.1) is 5.82 Å². The Hall–Kier alpha value is -1.26. The van der Waals surface area contributed by atoms with Crippen LogP contribution < -0.4 is 0 Å². The first-order valence-corrected chi connectivity index (χ1v) is 6.30. The van der Waals surface area contributed by atoms with Gasteiger partial charge in [0.25, 0.3) is 0 Å². The molecule has 2 atom stereocenters. The number of Topliss-reactive ketones (excluding diaryl/α,β-unsaturated/α-hetero) is 1. The monoisotopic (exact) mass is 251 g/mol. The van der Waals surface area contributed by atoms with E-state index in [9.17, 15) is 14.3 Å². The minimum absolute atomic E-state index is 0.0240. The molecular weight excluding hydrogens is 233 g/mol. The van der Waals surface area contributed by atoms with Crippen molar-refractivity contribution in [1.82, 2.24) is 4.90 Å². The van der Waals surface area contributed by atoms with Gasteiger partial charge in [-0.2, -0.15) is 0 Å². The summed E-state index contributed by atoms with van der Waals surface area (Å²) in [7, 11) is 0. The number of halogens is 1. The molecule has 0 saturated carbocycles. The van der Waals surface area contributed by atoms with E-state index in [4.69, 9.17) is 0 Å². The van der Waals surface area contributed by atoms with E-state index in [1.54, 1.807) is 0 Å². The number of carbonyl (C=O) groups is 1. The second-order valence-corrected chi connectivity index (χ2v) is 4.84. The molecule has 4 heteroatoms. The average molecular weight is 251 g/mol. The number of hydrogen-bond acceptors (Lipinski definition) is 3. The zero-order valence-electron chi connectivity index (χ0n) is 10.5. The summed E-state index contributed by atoms with van der Waals surface area (Å²) in [6.45, 7) is 3.20. The van der Waals surface area contributed by atoms with Crippen LogP contribution >= 0.6 is 0 Å². The van der Waals surface area contributed by atoms with Gasteiger partial charge in [0.1, 0.15) is 5.82 Å². The van der Waals surface area contributed by atoms with E-state index in [-0.39, 0.29) is 23.7 Å². The normalized spacial score (nSPS) is 22.7. The van der Waals surface area contributed by atoms with Crippen molar-refractivity contribution in [2.75, 3.05) is 13.1 Å².